The van der Waals surface area contributed by atoms with Crippen LogP contribution in [-0.2, 0) is 15.4 Å². The molecule has 0 aliphatic carbocycles. The second-order valence-electron chi connectivity index (χ2n) is 3.70. The van der Waals surface area contributed by atoms with E-state index in [1.807, 2.05) is 0 Å². The summed E-state index contributed by atoms with van der Waals surface area (Å²) in [6.07, 6.45) is 0. The molecule has 0 spiro atoms. The fraction of sp³-hybridized carbons (Fsp3) is 0.400. The summed E-state index contributed by atoms with van der Waals surface area (Å²) in [6, 6.07) is 1.59. The van der Waals surface area contributed by atoms with Crippen molar-refractivity contribution in [3.63, 3.8) is 0 Å². The summed E-state index contributed by atoms with van der Waals surface area (Å²) >= 11 is 2.96. The van der Waals surface area contributed by atoms with Gasteiger partial charge >= 0.3 is 15.5 Å². The van der Waals surface area contributed by atoms with Gasteiger partial charge in [0.05, 0.1) is 0 Å². The van der Waals surface area contributed by atoms with Crippen LogP contribution in [0.1, 0.15) is 5.56 Å². The van der Waals surface area contributed by atoms with E-state index in [4.69, 9.17) is 4.74 Å². The first-order valence-electron chi connectivity index (χ1n) is 5.31. The molecule has 0 saturated heterocycles. The van der Waals surface area contributed by atoms with E-state index >= 15 is 0 Å². The van der Waals surface area contributed by atoms with Crippen LogP contribution < -0.4 is 9.46 Å². The van der Waals surface area contributed by atoms with Gasteiger partial charge in [0.25, 0.3) is 0 Å². The number of hydrogen-bond acceptors (Lipinski definition) is 3. The number of ether oxygens (including phenoxy) is 1. The zero-order valence-electron chi connectivity index (χ0n) is 10.2. The summed E-state index contributed by atoms with van der Waals surface area (Å²) in [5.74, 6) is -2.25. The van der Waals surface area contributed by atoms with Crippen LogP contribution in [0.5, 0.6) is 5.75 Å². The van der Waals surface area contributed by atoms with Gasteiger partial charge in [0, 0.05) is 23.5 Å². The molecule has 21 heavy (non-hydrogen) atoms. The topological polar surface area (TPSA) is 55.4 Å². The first-order valence-corrected chi connectivity index (χ1v) is 7.91. The van der Waals surface area contributed by atoms with Crippen LogP contribution in [0.4, 0.5) is 22.0 Å². The van der Waals surface area contributed by atoms with Crippen molar-refractivity contribution in [3.8, 4) is 5.75 Å². The van der Waals surface area contributed by atoms with E-state index in [0.29, 0.717) is 6.07 Å². The normalized spacial score (nSPS) is 12.5. The quantitative estimate of drug-likeness (QED) is 0.456. The van der Waals surface area contributed by atoms with Crippen molar-refractivity contribution in [3.05, 3.63) is 29.3 Å². The molecule has 4 nitrogen and oxygen atoms in total. The fourth-order valence-electron chi connectivity index (χ4n) is 1.20. The molecule has 120 valence electrons. The minimum absolute atomic E-state index is 0.0795. The minimum Gasteiger partial charge on any atom is -0.489 e. The molecule has 1 N–H and O–H groups in total. The van der Waals surface area contributed by atoms with Gasteiger partial charge in [-0.05, 0) is 6.07 Å². The molecule has 0 aliphatic rings. The third kappa shape index (κ3) is 4.78. The molecule has 0 unspecified atom stereocenters. The van der Waals surface area contributed by atoms with Gasteiger partial charge in [0.15, 0.2) is 11.6 Å². The van der Waals surface area contributed by atoms with Crippen molar-refractivity contribution in [1.82, 2.24) is 4.72 Å². The molecule has 1 rings (SSSR count). The Bertz CT molecular complexity index is 605. The highest BCUT2D eigenvalue weighted by Crippen LogP contribution is 2.24. The molecule has 0 fully saturated rings. The highest BCUT2D eigenvalue weighted by molar-refractivity contribution is 9.08. The molecule has 0 radical (unpaired) electrons. The largest absolute Gasteiger partial charge is 0.511 e. The standard InChI is InChI=1S/C10H9BrF5NO3S/c11-5-6-3-9(8(13)4-7(6)12)20-2-1-17-21(18,19)10(14,15)16/h3-4,17H,1-2,5H2. The van der Waals surface area contributed by atoms with Gasteiger partial charge in [-0.2, -0.15) is 13.2 Å². The molecular weight excluding hydrogens is 389 g/mol. The van der Waals surface area contributed by atoms with Crippen molar-refractivity contribution in [2.45, 2.75) is 10.8 Å². The lowest BCUT2D eigenvalue weighted by Crippen LogP contribution is -2.38. The van der Waals surface area contributed by atoms with E-state index in [9.17, 15) is 30.4 Å². The fourth-order valence-corrected chi connectivity index (χ4v) is 2.15. The Morgan fingerprint density at radius 3 is 2.33 bits per heavy atom. The van der Waals surface area contributed by atoms with Crippen molar-refractivity contribution in [2.24, 2.45) is 0 Å². The van der Waals surface area contributed by atoms with Crippen molar-refractivity contribution >= 4 is 26.0 Å². The lowest BCUT2D eigenvalue weighted by Gasteiger charge is -2.11. The van der Waals surface area contributed by atoms with E-state index in [1.54, 1.807) is 0 Å². The predicted molar refractivity (Wildman–Crippen MR) is 67.5 cm³/mol. The minimum atomic E-state index is -5.47. The molecule has 0 heterocycles. The Labute approximate surface area is 125 Å². The summed E-state index contributed by atoms with van der Waals surface area (Å²) in [6.45, 7) is -1.28. The first-order chi connectivity index (χ1) is 9.58. The number of hydrogen-bond donors (Lipinski definition) is 1. The maximum absolute atomic E-state index is 13.3. The lowest BCUT2D eigenvalue weighted by atomic mass is 10.2. The molecule has 0 saturated carbocycles. The third-order valence-electron chi connectivity index (χ3n) is 2.20. The molecule has 0 amide bonds. The molecule has 0 bridgehead atoms. The highest BCUT2D eigenvalue weighted by atomic mass is 79.9. The maximum Gasteiger partial charge on any atom is 0.511 e. The van der Waals surface area contributed by atoms with Crippen LogP contribution in [0.15, 0.2) is 12.1 Å². The Balaban J connectivity index is 2.62. The maximum atomic E-state index is 13.3. The SMILES string of the molecule is O=S(=O)(NCCOc1cc(CBr)c(F)cc1F)C(F)(F)F. The molecule has 1 aromatic carbocycles. The number of halogens is 6. The van der Waals surface area contributed by atoms with Crippen LogP contribution in [0, 0.1) is 11.6 Å². The van der Waals surface area contributed by atoms with E-state index in [2.05, 4.69) is 15.9 Å². The van der Waals surface area contributed by atoms with Crippen LogP contribution >= 0.6 is 15.9 Å². The smallest absolute Gasteiger partial charge is 0.489 e. The Morgan fingerprint density at radius 1 is 1.19 bits per heavy atom. The summed E-state index contributed by atoms with van der Waals surface area (Å²) in [5.41, 5.74) is -5.35. The van der Waals surface area contributed by atoms with Crippen molar-refractivity contribution in [2.75, 3.05) is 13.2 Å². The van der Waals surface area contributed by atoms with E-state index in [0.717, 1.165) is 6.07 Å². The highest BCUT2D eigenvalue weighted by Gasteiger charge is 2.45. The summed E-state index contributed by atoms with van der Waals surface area (Å²) < 4.78 is 89.8. The Hall–Kier alpha value is -0.940. The molecule has 1 aromatic rings. The van der Waals surface area contributed by atoms with Gasteiger partial charge < -0.3 is 4.74 Å². The van der Waals surface area contributed by atoms with Gasteiger partial charge in [-0.25, -0.2) is 21.9 Å². The van der Waals surface area contributed by atoms with Gasteiger partial charge in [-0.1, -0.05) is 15.9 Å². The number of alkyl halides is 4. The van der Waals surface area contributed by atoms with Crippen LogP contribution in [0.2, 0.25) is 0 Å². The third-order valence-corrected chi connectivity index (χ3v) is 4.00. The van der Waals surface area contributed by atoms with E-state index in [1.165, 1.54) is 4.72 Å². The second-order valence-corrected chi connectivity index (χ2v) is 6.02. The van der Waals surface area contributed by atoms with E-state index in [-0.39, 0.29) is 10.9 Å². The van der Waals surface area contributed by atoms with Gasteiger partial charge in [-0.15, -0.1) is 0 Å². The molecule has 0 aromatic heterocycles. The average molecular weight is 398 g/mol. The molecular formula is C10H9BrF5NO3S. The zero-order chi connectivity index (χ0) is 16.3. The lowest BCUT2D eigenvalue weighted by molar-refractivity contribution is -0.0448. The number of nitrogens with one attached hydrogen (secondary N) is 1. The predicted octanol–water partition coefficient (Wildman–Crippen LogP) is 2.68. The Kier molecular flexibility index (Phi) is 5.93. The number of sulfonamides is 1. The average Bonchev–Trinajstić information content (AvgIpc) is 2.35. The summed E-state index contributed by atoms with van der Waals surface area (Å²) in [7, 11) is -5.47. The molecule has 11 heteroatoms. The van der Waals surface area contributed by atoms with Gasteiger partial charge in [-0.3, -0.25) is 0 Å². The van der Waals surface area contributed by atoms with E-state index < -0.39 is 46.1 Å². The van der Waals surface area contributed by atoms with Gasteiger partial charge in [0.2, 0.25) is 0 Å². The molecule has 0 atom stereocenters. The summed E-state index contributed by atoms with van der Waals surface area (Å²) in [5, 5.41) is 0.0795. The molecule has 0 aliphatic heterocycles. The van der Waals surface area contributed by atoms with Crippen molar-refractivity contribution < 1.29 is 35.1 Å². The Morgan fingerprint density at radius 2 is 1.81 bits per heavy atom. The summed E-state index contributed by atoms with van der Waals surface area (Å²) in [4.78, 5) is 0. The zero-order valence-corrected chi connectivity index (χ0v) is 12.6. The van der Waals surface area contributed by atoms with Crippen molar-refractivity contribution in [1.29, 1.82) is 0 Å². The number of rotatable bonds is 6. The van der Waals surface area contributed by atoms with Crippen LogP contribution in [0.25, 0.3) is 0 Å². The first kappa shape index (κ1) is 18.1. The monoisotopic (exact) mass is 397 g/mol. The van der Waals surface area contributed by atoms with Crippen LogP contribution in [0.3, 0.4) is 0 Å². The van der Waals surface area contributed by atoms with Gasteiger partial charge in [0.1, 0.15) is 12.4 Å². The second kappa shape index (κ2) is 6.88. The number of benzene rings is 1. The van der Waals surface area contributed by atoms with Crippen LogP contribution in [-0.4, -0.2) is 27.1 Å².